The third-order valence-corrected chi connectivity index (χ3v) is 2.44. The molecule has 18 heavy (non-hydrogen) atoms. The number of ether oxygens (including phenoxy) is 1. The molecular weight excluding hydrogens is 254 g/mol. The molecule has 0 aromatic carbocycles. The number of hydrogen-bond acceptors (Lipinski definition) is 5. The molecule has 0 fully saturated rings. The number of anilines is 1. The summed E-state index contributed by atoms with van der Waals surface area (Å²) in [6.07, 6.45) is 5.42. The standard InChI is InChI=1S/C11H14ClN5O/c1-18-7-11-15-9(12)6-10(16-11)14-3-5-17-4-2-13-8-17/h2,4,6,8H,3,5,7H2,1H3,(H,14,15,16). The molecule has 0 atom stereocenters. The van der Waals surface area contributed by atoms with E-state index < -0.39 is 0 Å². The number of nitrogens with zero attached hydrogens (tertiary/aromatic N) is 4. The topological polar surface area (TPSA) is 64.9 Å². The van der Waals surface area contributed by atoms with E-state index in [4.69, 9.17) is 16.3 Å². The van der Waals surface area contributed by atoms with E-state index in [1.165, 1.54) is 0 Å². The van der Waals surface area contributed by atoms with Crippen molar-refractivity contribution in [2.24, 2.45) is 0 Å². The first-order valence-electron chi connectivity index (χ1n) is 5.50. The van der Waals surface area contributed by atoms with Crippen LogP contribution >= 0.6 is 11.6 Å². The number of hydrogen-bond donors (Lipinski definition) is 1. The molecule has 1 N–H and O–H groups in total. The van der Waals surface area contributed by atoms with Crippen LogP contribution in [-0.4, -0.2) is 33.2 Å². The van der Waals surface area contributed by atoms with E-state index in [-0.39, 0.29) is 0 Å². The van der Waals surface area contributed by atoms with Crippen molar-refractivity contribution >= 4 is 17.4 Å². The van der Waals surface area contributed by atoms with Crippen LogP contribution in [0, 0.1) is 0 Å². The summed E-state index contributed by atoms with van der Waals surface area (Å²) in [6.45, 7) is 1.88. The Kier molecular flexibility index (Phi) is 4.49. The number of nitrogens with one attached hydrogen (secondary N) is 1. The van der Waals surface area contributed by atoms with Crippen molar-refractivity contribution in [3.63, 3.8) is 0 Å². The van der Waals surface area contributed by atoms with Crippen LogP contribution < -0.4 is 5.32 Å². The maximum atomic E-state index is 5.90. The van der Waals surface area contributed by atoms with Gasteiger partial charge in [-0.2, -0.15) is 0 Å². The molecule has 2 aromatic heterocycles. The molecule has 0 saturated heterocycles. The minimum atomic E-state index is 0.344. The smallest absolute Gasteiger partial charge is 0.158 e. The lowest BCUT2D eigenvalue weighted by Gasteiger charge is -2.08. The van der Waals surface area contributed by atoms with Crippen molar-refractivity contribution < 1.29 is 4.74 Å². The van der Waals surface area contributed by atoms with Crippen molar-refractivity contribution in [2.45, 2.75) is 13.2 Å². The Morgan fingerprint density at radius 3 is 3.06 bits per heavy atom. The highest BCUT2D eigenvalue weighted by atomic mass is 35.5. The molecule has 0 aliphatic carbocycles. The van der Waals surface area contributed by atoms with E-state index in [9.17, 15) is 0 Å². The maximum Gasteiger partial charge on any atom is 0.158 e. The molecule has 0 spiro atoms. The van der Waals surface area contributed by atoms with E-state index in [1.54, 1.807) is 25.7 Å². The SMILES string of the molecule is COCc1nc(Cl)cc(NCCn2ccnc2)n1. The molecule has 0 bridgehead atoms. The summed E-state index contributed by atoms with van der Waals surface area (Å²) in [6, 6.07) is 1.69. The molecule has 0 unspecified atom stereocenters. The van der Waals surface area contributed by atoms with Crippen LogP contribution in [0.25, 0.3) is 0 Å². The van der Waals surface area contributed by atoms with Gasteiger partial charge in [0.15, 0.2) is 5.82 Å². The highest BCUT2D eigenvalue weighted by Gasteiger charge is 2.02. The lowest BCUT2D eigenvalue weighted by atomic mass is 10.5. The third-order valence-electron chi connectivity index (χ3n) is 2.25. The quantitative estimate of drug-likeness (QED) is 0.805. The predicted molar refractivity (Wildman–Crippen MR) is 68.5 cm³/mol. The second-order valence-corrected chi connectivity index (χ2v) is 4.04. The molecular formula is C11H14ClN5O. The van der Waals surface area contributed by atoms with Crippen LogP contribution in [-0.2, 0) is 17.9 Å². The van der Waals surface area contributed by atoms with E-state index >= 15 is 0 Å². The average molecular weight is 268 g/mol. The molecule has 2 aromatic rings. The Morgan fingerprint density at radius 2 is 2.33 bits per heavy atom. The zero-order chi connectivity index (χ0) is 12.8. The van der Waals surface area contributed by atoms with Crippen LogP contribution in [0.4, 0.5) is 5.82 Å². The zero-order valence-electron chi connectivity index (χ0n) is 10.0. The van der Waals surface area contributed by atoms with Crippen molar-refractivity contribution in [1.82, 2.24) is 19.5 Å². The minimum absolute atomic E-state index is 0.344. The molecule has 0 amide bonds. The Labute approximate surface area is 110 Å². The van der Waals surface area contributed by atoms with Crippen molar-refractivity contribution in [3.05, 3.63) is 35.8 Å². The summed E-state index contributed by atoms with van der Waals surface area (Å²) < 4.78 is 6.96. The first-order chi connectivity index (χ1) is 8.78. The third kappa shape index (κ3) is 3.68. The Hall–Kier alpha value is -1.66. The summed E-state index contributed by atoms with van der Waals surface area (Å²) in [5, 5.41) is 3.59. The first-order valence-corrected chi connectivity index (χ1v) is 5.88. The van der Waals surface area contributed by atoms with Crippen molar-refractivity contribution in [3.8, 4) is 0 Å². The van der Waals surface area contributed by atoms with Gasteiger partial charge in [0.05, 0.1) is 6.33 Å². The van der Waals surface area contributed by atoms with Gasteiger partial charge in [-0.1, -0.05) is 11.6 Å². The van der Waals surface area contributed by atoms with Crippen LogP contribution in [0.1, 0.15) is 5.82 Å². The van der Waals surface area contributed by atoms with Gasteiger partial charge in [-0.05, 0) is 0 Å². The lowest BCUT2D eigenvalue weighted by Crippen LogP contribution is -2.11. The van der Waals surface area contributed by atoms with Gasteiger partial charge in [0.25, 0.3) is 0 Å². The van der Waals surface area contributed by atoms with E-state index in [0.29, 0.717) is 23.4 Å². The van der Waals surface area contributed by atoms with Crippen LogP contribution in [0.15, 0.2) is 24.8 Å². The second-order valence-electron chi connectivity index (χ2n) is 3.65. The summed E-state index contributed by atoms with van der Waals surface area (Å²) in [4.78, 5) is 12.3. The minimum Gasteiger partial charge on any atom is -0.377 e. The Morgan fingerprint density at radius 1 is 1.44 bits per heavy atom. The second kappa shape index (κ2) is 6.32. The molecule has 2 heterocycles. The number of imidazole rings is 1. The lowest BCUT2D eigenvalue weighted by molar-refractivity contribution is 0.178. The van der Waals surface area contributed by atoms with E-state index in [2.05, 4.69) is 20.3 Å². The van der Waals surface area contributed by atoms with Gasteiger partial charge in [-0.25, -0.2) is 15.0 Å². The van der Waals surface area contributed by atoms with Gasteiger partial charge in [-0.15, -0.1) is 0 Å². The maximum absolute atomic E-state index is 5.90. The van der Waals surface area contributed by atoms with E-state index in [0.717, 1.165) is 13.1 Å². The molecule has 0 radical (unpaired) electrons. The highest BCUT2D eigenvalue weighted by molar-refractivity contribution is 6.29. The molecule has 0 aliphatic rings. The average Bonchev–Trinajstić information content (AvgIpc) is 2.82. The monoisotopic (exact) mass is 267 g/mol. The number of aromatic nitrogens is 4. The largest absolute Gasteiger partial charge is 0.377 e. The molecule has 0 aliphatic heterocycles. The molecule has 6 nitrogen and oxygen atoms in total. The molecule has 7 heteroatoms. The van der Waals surface area contributed by atoms with Crippen LogP contribution in [0.5, 0.6) is 0 Å². The van der Waals surface area contributed by atoms with Gasteiger partial charge in [0.2, 0.25) is 0 Å². The Balaban J connectivity index is 1.92. The molecule has 0 saturated carbocycles. The van der Waals surface area contributed by atoms with Gasteiger partial charge in [0.1, 0.15) is 17.6 Å². The normalized spacial score (nSPS) is 10.6. The van der Waals surface area contributed by atoms with Gasteiger partial charge >= 0.3 is 0 Å². The fourth-order valence-electron chi connectivity index (χ4n) is 1.48. The fraction of sp³-hybridized carbons (Fsp3) is 0.364. The number of methoxy groups -OCH3 is 1. The fourth-order valence-corrected chi connectivity index (χ4v) is 1.68. The zero-order valence-corrected chi connectivity index (χ0v) is 10.8. The summed E-state index contributed by atoms with van der Waals surface area (Å²) in [5.41, 5.74) is 0. The van der Waals surface area contributed by atoms with Crippen LogP contribution in [0.3, 0.4) is 0 Å². The Bertz CT molecular complexity index is 488. The van der Waals surface area contributed by atoms with Gasteiger partial charge in [-0.3, -0.25) is 0 Å². The summed E-state index contributed by atoms with van der Waals surface area (Å²) in [7, 11) is 1.59. The highest BCUT2D eigenvalue weighted by Crippen LogP contribution is 2.11. The van der Waals surface area contributed by atoms with Crippen molar-refractivity contribution in [2.75, 3.05) is 19.0 Å². The van der Waals surface area contributed by atoms with Gasteiger partial charge < -0.3 is 14.6 Å². The molecule has 96 valence electrons. The van der Waals surface area contributed by atoms with Gasteiger partial charge in [0, 0.05) is 38.7 Å². The first kappa shape index (κ1) is 12.8. The predicted octanol–water partition coefficient (Wildman–Crippen LogP) is 1.58. The summed E-state index contributed by atoms with van der Waals surface area (Å²) >= 11 is 5.90. The number of halogens is 1. The van der Waals surface area contributed by atoms with Crippen molar-refractivity contribution in [1.29, 1.82) is 0 Å². The van der Waals surface area contributed by atoms with Crippen LogP contribution in [0.2, 0.25) is 5.15 Å². The summed E-state index contributed by atoms with van der Waals surface area (Å²) in [5.74, 6) is 1.26. The van der Waals surface area contributed by atoms with E-state index in [1.807, 2.05) is 10.8 Å². The molecule has 2 rings (SSSR count). The number of rotatable bonds is 6.